The summed E-state index contributed by atoms with van der Waals surface area (Å²) in [4.78, 5) is 6.72. The van der Waals surface area contributed by atoms with Crippen LogP contribution in [0.4, 0.5) is 10.3 Å². The maximum Gasteiger partial charge on any atom is 0.245 e. The van der Waals surface area contributed by atoms with Crippen LogP contribution in [0.3, 0.4) is 0 Å². The van der Waals surface area contributed by atoms with Crippen LogP contribution in [-0.4, -0.2) is 34.8 Å². The number of anilines is 1. The molecular weight excluding hydrogens is 269 g/mol. The third-order valence-corrected chi connectivity index (χ3v) is 4.15. The third kappa shape index (κ3) is 2.90. The van der Waals surface area contributed by atoms with E-state index < -0.39 is 0 Å². The van der Waals surface area contributed by atoms with Gasteiger partial charge in [0.15, 0.2) is 5.82 Å². The fourth-order valence-electron chi connectivity index (χ4n) is 2.78. The van der Waals surface area contributed by atoms with Crippen molar-refractivity contribution in [1.29, 1.82) is 0 Å². The molecule has 0 unspecified atom stereocenters. The van der Waals surface area contributed by atoms with E-state index in [1.807, 2.05) is 6.92 Å². The second kappa shape index (κ2) is 5.81. The molecule has 2 aromatic rings. The topological polar surface area (TPSA) is 70.8 Å². The lowest BCUT2D eigenvalue weighted by atomic mass is 9.97. The second-order valence-electron chi connectivity index (χ2n) is 5.61. The van der Waals surface area contributed by atoms with Gasteiger partial charge < -0.3 is 10.6 Å². The first-order chi connectivity index (χ1) is 10.2. The molecule has 2 heterocycles. The summed E-state index contributed by atoms with van der Waals surface area (Å²) < 4.78 is 13.2. The highest BCUT2D eigenvalue weighted by Gasteiger charge is 2.21. The predicted molar refractivity (Wildman–Crippen MR) is 80.5 cm³/mol. The molecule has 3 N–H and O–H groups in total. The van der Waals surface area contributed by atoms with Crippen LogP contribution >= 0.6 is 0 Å². The van der Waals surface area contributed by atoms with Crippen molar-refractivity contribution >= 4 is 5.95 Å². The van der Waals surface area contributed by atoms with Crippen LogP contribution in [0, 0.1) is 18.7 Å². The van der Waals surface area contributed by atoms with Crippen LogP contribution in [0.2, 0.25) is 0 Å². The number of nitrogens with one attached hydrogen (secondary N) is 1. The van der Waals surface area contributed by atoms with Crippen molar-refractivity contribution in [2.24, 2.45) is 11.7 Å². The molecule has 1 aliphatic heterocycles. The summed E-state index contributed by atoms with van der Waals surface area (Å²) in [5.74, 6) is 1.77. The lowest BCUT2D eigenvalue weighted by molar-refractivity contribution is 0.411. The summed E-state index contributed by atoms with van der Waals surface area (Å²) in [6.45, 7) is 4.48. The highest BCUT2D eigenvalue weighted by Crippen LogP contribution is 2.24. The van der Waals surface area contributed by atoms with E-state index in [-0.39, 0.29) is 5.82 Å². The fraction of sp³-hybridized carbons (Fsp3) is 0.467. The number of nitrogens with zero attached hydrogens (tertiary/aromatic N) is 3. The molecule has 3 rings (SSSR count). The number of piperidine rings is 1. The van der Waals surface area contributed by atoms with Gasteiger partial charge in [0.05, 0.1) is 0 Å². The van der Waals surface area contributed by atoms with E-state index >= 15 is 0 Å². The molecule has 1 fully saturated rings. The number of aryl methyl sites for hydroxylation is 1. The number of aromatic nitrogens is 3. The Morgan fingerprint density at radius 2 is 2.14 bits per heavy atom. The summed E-state index contributed by atoms with van der Waals surface area (Å²) in [5.41, 5.74) is 7.44. The van der Waals surface area contributed by atoms with Gasteiger partial charge in [-0.15, -0.1) is 5.10 Å². The largest absolute Gasteiger partial charge is 0.340 e. The third-order valence-electron chi connectivity index (χ3n) is 4.15. The van der Waals surface area contributed by atoms with E-state index in [0.717, 1.165) is 43.6 Å². The zero-order valence-corrected chi connectivity index (χ0v) is 12.1. The quantitative estimate of drug-likeness (QED) is 0.907. The van der Waals surface area contributed by atoms with E-state index in [2.05, 4.69) is 20.1 Å². The molecule has 0 atom stereocenters. The van der Waals surface area contributed by atoms with E-state index in [0.29, 0.717) is 17.7 Å². The second-order valence-corrected chi connectivity index (χ2v) is 5.61. The maximum absolute atomic E-state index is 13.2. The Morgan fingerprint density at radius 3 is 2.81 bits per heavy atom. The van der Waals surface area contributed by atoms with Crippen molar-refractivity contribution in [3.8, 4) is 11.4 Å². The highest BCUT2D eigenvalue weighted by molar-refractivity contribution is 5.60. The van der Waals surface area contributed by atoms with Gasteiger partial charge in [-0.3, -0.25) is 5.10 Å². The van der Waals surface area contributed by atoms with Gasteiger partial charge in [-0.05, 0) is 56.0 Å². The SMILES string of the molecule is Cc1cc(F)ccc1-c1nc(N2CCC(CN)CC2)n[nH]1. The Morgan fingerprint density at radius 1 is 1.38 bits per heavy atom. The molecule has 1 aromatic heterocycles. The first kappa shape index (κ1) is 14.0. The minimum absolute atomic E-state index is 0.236. The van der Waals surface area contributed by atoms with E-state index in [9.17, 15) is 4.39 Å². The van der Waals surface area contributed by atoms with Gasteiger partial charge in [-0.2, -0.15) is 4.98 Å². The van der Waals surface area contributed by atoms with Crippen LogP contribution in [0.5, 0.6) is 0 Å². The molecule has 1 saturated heterocycles. The fourth-order valence-corrected chi connectivity index (χ4v) is 2.78. The molecule has 1 aliphatic rings. The molecule has 112 valence electrons. The van der Waals surface area contributed by atoms with Crippen LogP contribution in [0.25, 0.3) is 11.4 Å². The van der Waals surface area contributed by atoms with Gasteiger partial charge >= 0.3 is 0 Å². The first-order valence-corrected chi connectivity index (χ1v) is 7.31. The number of halogens is 1. The van der Waals surface area contributed by atoms with E-state index in [4.69, 9.17) is 5.73 Å². The molecule has 6 heteroatoms. The molecule has 0 saturated carbocycles. The van der Waals surface area contributed by atoms with Crippen molar-refractivity contribution in [2.45, 2.75) is 19.8 Å². The van der Waals surface area contributed by atoms with Gasteiger partial charge in [-0.1, -0.05) is 0 Å². The van der Waals surface area contributed by atoms with Crippen LogP contribution in [0.1, 0.15) is 18.4 Å². The summed E-state index contributed by atoms with van der Waals surface area (Å²) in [7, 11) is 0. The predicted octanol–water partition coefficient (Wildman–Crippen LogP) is 2.09. The number of hydrogen-bond donors (Lipinski definition) is 2. The Hall–Kier alpha value is -1.95. The van der Waals surface area contributed by atoms with E-state index in [1.54, 1.807) is 6.07 Å². The minimum Gasteiger partial charge on any atom is -0.340 e. The standard InChI is InChI=1S/C15H20FN5/c1-10-8-12(16)2-3-13(10)14-18-15(20-19-14)21-6-4-11(9-17)5-7-21/h2-3,8,11H,4-7,9,17H2,1H3,(H,18,19,20). The maximum atomic E-state index is 13.2. The van der Waals surface area contributed by atoms with Crippen molar-refractivity contribution in [1.82, 2.24) is 15.2 Å². The molecule has 0 amide bonds. The van der Waals surface area contributed by atoms with Crippen molar-refractivity contribution < 1.29 is 4.39 Å². The molecule has 0 bridgehead atoms. The monoisotopic (exact) mass is 289 g/mol. The number of aromatic amines is 1. The molecule has 1 aromatic carbocycles. The smallest absolute Gasteiger partial charge is 0.245 e. The molecule has 0 radical (unpaired) electrons. The zero-order chi connectivity index (χ0) is 14.8. The number of nitrogens with two attached hydrogens (primary N) is 1. The Bertz CT molecular complexity index is 616. The molecule has 0 spiro atoms. The van der Waals surface area contributed by atoms with Crippen molar-refractivity contribution in [2.75, 3.05) is 24.5 Å². The Kier molecular flexibility index (Phi) is 3.88. The lowest BCUT2D eigenvalue weighted by Crippen LogP contribution is -2.36. The van der Waals surface area contributed by atoms with E-state index in [1.165, 1.54) is 12.1 Å². The molecule has 21 heavy (non-hydrogen) atoms. The number of benzene rings is 1. The lowest BCUT2D eigenvalue weighted by Gasteiger charge is -2.30. The van der Waals surface area contributed by atoms with Gasteiger partial charge in [0.1, 0.15) is 5.82 Å². The van der Waals surface area contributed by atoms with Crippen LogP contribution in [0.15, 0.2) is 18.2 Å². The number of hydrogen-bond acceptors (Lipinski definition) is 4. The molecule has 0 aliphatic carbocycles. The zero-order valence-electron chi connectivity index (χ0n) is 12.1. The number of H-pyrrole nitrogens is 1. The first-order valence-electron chi connectivity index (χ1n) is 7.31. The van der Waals surface area contributed by atoms with Crippen molar-refractivity contribution in [3.63, 3.8) is 0 Å². The normalized spacial score (nSPS) is 16.4. The Labute approximate surface area is 123 Å². The summed E-state index contributed by atoms with van der Waals surface area (Å²) in [6.07, 6.45) is 2.16. The van der Waals surface area contributed by atoms with Crippen LogP contribution < -0.4 is 10.6 Å². The summed E-state index contributed by atoms with van der Waals surface area (Å²) in [5, 5.41) is 7.25. The highest BCUT2D eigenvalue weighted by atomic mass is 19.1. The van der Waals surface area contributed by atoms with Gasteiger partial charge in [0, 0.05) is 18.7 Å². The summed E-state index contributed by atoms with van der Waals surface area (Å²) in [6, 6.07) is 4.68. The molecular formula is C15H20FN5. The van der Waals surface area contributed by atoms with Crippen LogP contribution in [-0.2, 0) is 0 Å². The van der Waals surface area contributed by atoms with Crippen molar-refractivity contribution in [3.05, 3.63) is 29.6 Å². The van der Waals surface area contributed by atoms with Gasteiger partial charge in [0.2, 0.25) is 5.95 Å². The molecule has 5 nitrogen and oxygen atoms in total. The average molecular weight is 289 g/mol. The minimum atomic E-state index is -0.236. The summed E-state index contributed by atoms with van der Waals surface area (Å²) >= 11 is 0. The van der Waals surface area contributed by atoms with Gasteiger partial charge in [0.25, 0.3) is 0 Å². The van der Waals surface area contributed by atoms with Gasteiger partial charge in [-0.25, -0.2) is 4.39 Å². The average Bonchev–Trinajstić information content (AvgIpc) is 2.97. The number of rotatable bonds is 3. The Balaban J connectivity index is 1.77.